The first-order valence-electron chi connectivity index (χ1n) is 6.75. The molecule has 3 rings (SSSR count). The average Bonchev–Trinajstić information content (AvgIpc) is 2.94. The molecule has 0 aliphatic rings. The second-order valence-electron chi connectivity index (χ2n) is 4.68. The fourth-order valence-corrected chi connectivity index (χ4v) is 2.81. The van der Waals surface area contributed by atoms with Crippen LogP contribution in [0.15, 0.2) is 47.9 Å². The summed E-state index contributed by atoms with van der Waals surface area (Å²) in [5, 5.41) is 8.69. The summed E-state index contributed by atoms with van der Waals surface area (Å²) in [7, 11) is 1.43. The summed E-state index contributed by atoms with van der Waals surface area (Å²) in [6.07, 6.45) is 3.34. The highest BCUT2D eigenvalue weighted by Gasteiger charge is 2.13. The Bertz CT molecular complexity index is 809. The summed E-state index contributed by atoms with van der Waals surface area (Å²) in [5.74, 6) is 6.90. The van der Waals surface area contributed by atoms with Crippen molar-refractivity contribution in [1.82, 2.24) is 19.9 Å². The third-order valence-corrected chi connectivity index (χ3v) is 4.18. The lowest BCUT2D eigenvalue weighted by Crippen LogP contribution is -2.11. The van der Waals surface area contributed by atoms with Crippen LogP contribution in [0.4, 0.5) is 4.39 Å². The topological polar surface area (TPSA) is 78.9 Å². The van der Waals surface area contributed by atoms with Crippen LogP contribution in [0.3, 0.4) is 0 Å². The molecule has 0 spiro atoms. The fourth-order valence-electron chi connectivity index (χ4n) is 2.01. The molecule has 0 saturated heterocycles. The zero-order valence-electron chi connectivity index (χ0n) is 12.3. The predicted molar refractivity (Wildman–Crippen MR) is 85.9 cm³/mol. The molecular formula is C15H14FN5OS. The second-order valence-corrected chi connectivity index (χ2v) is 5.62. The number of hydrogen-bond acceptors (Lipinski definition) is 6. The molecule has 6 nitrogen and oxygen atoms in total. The Kier molecular flexibility index (Phi) is 4.42. The SMILES string of the molecule is COc1ccc(CSc2nnc(-c3cccnc3)n2N)cc1F. The number of nitrogen functional groups attached to an aromatic ring is 1. The Hall–Kier alpha value is -2.61. The van der Waals surface area contributed by atoms with Crippen molar-refractivity contribution < 1.29 is 9.13 Å². The maximum absolute atomic E-state index is 13.7. The number of nitrogens with zero attached hydrogens (tertiary/aromatic N) is 4. The van der Waals surface area contributed by atoms with Crippen LogP contribution in [0.2, 0.25) is 0 Å². The monoisotopic (exact) mass is 331 g/mol. The highest BCUT2D eigenvalue weighted by Crippen LogP contribution is 2.26. The maximum atomic E-state index is 13.7. The number of methoxy groups -OCH3 is 1. The van der Waals surface area contributed by atoms with Crippen LogP contribution in [0.1, 0.15) is 5.56 Å². The van der Waals surface area contributed by atoms with E-state index in [4.69, 9.17) is 10.6 Å². The second kappa shape index (κ2) is 6.66. The average molecular weight is 331 g/mol. The number of halogens is 1. The Labute approximate surface area is 136 Å². The van der Waals surface area contributed by atoms with Crippen LogP contribution in [-0.2, 0) is 5.75 Å². The molecule has 118 valence electrons. The maximum Gasteiger partial charge on any atom is 0.210 e. The van der Waals surface area contributed by atoms with Gasteiger partial charge in [-0.2, -0.15) is 0 Å². The van der Waals surface area contributed by atoms with Gasteiger partial charge in [-0.25, -0.2) is 9.07 Å². The van der Waals surface area contributed by atoms with Crippen molar-refractivity contribution in [2.45, 2.75) is 10.9 Å². The van der Waals surface area contributed by atoms with E-state index in [9.17, 15) is 4.39 Å². The van der Waals surface area contributed by atoms with Crippen LogP contribution in [0.25, 0.3) is 11.4 Å². The Morgan fingerprint density at radius 2 is 2.17 bits per heavy atom. The van der Waals surface area contributed by atoms with E-state index in [1.54, 1.807) is 30.6 Å². The minimum atomic E-state index is -0.393. The molecule has 0 unspecified atom stereocenters. The molecule has 0 aliphatic heterocycles. The number of pyridine rings is 1. The largest absolute Gasteiger partial charge is 0.494 e. The Morgan fingerprint density at radius 3 is 2.87 bits per heavy atom. The Balaban J connectivity index is 1.74. The van der Waals surface area contributed by atoms with Crippen LogP contribution in [0.5, 0.6) is 5.75 Å². The molecular weight excluding hydrogens is 317 g/mol. The number of hydrogen-bond donors (Lipinski definition) is 1. The molecule has 0 amide bonds. The number of rotatable bonds is 5. The van der Waals surface area contributed by atoms with Gasteiger partial charge in [0.15, 0.2) is 17.4 Å². The molecule has 8 heteroatoms. The van der Waals surface area contributed by atoms with E-state index in [1.807, 2.05) is 6.07 Å². The number of aromatic nitrogens is 4. The van der Waals surface area contributed by atoms with Gasteiger partial charge >= 0.3 is 0 Å². The van der Waals surface area contributed by atoms with Gasteiger partial charge in [-0.05, 0) is 29.8 Å². The molecule has 3 aromatic rings. The van der Waals surface area contributed by atoms with E-state index in [0.717, 1.165) is 11.1 Å². The first-order valence-corrected chi connectivity index (χ1v) is 7.73. The number of ether oxygens (including phenoxy) is 1. The van der Waals surface area contributed by atoms with Gasteiger partial charge in [-0.1, -0.05) is 17.8 Å². The smallest absolute Gasteiger partial charge is 0.210 e. The van der Waals surface area contributed by atoms with E-state index in [0.29, 0.717) is 16.7 Å². The van der Waals surface area contributed by atoms with Crippen molar-refractivity contribution in [3.05, 3.63) is 54.1 Å². The quantitative estimate of drug-likeness (QED) is 0.572. The van der Waals surface area contributed by atoms with Crippen LogP contribution < -0.4 is 10.6 Å². The summed E-state index contributed by atoms with van der Waals surface area (Å²) < 4.78 is 20.0. The first kappa shape index (κ1) is 15.3. The summed E-state index contributed by atoms with van der Waals surface area (Å²) in [4.78, 5) is 4.03. The zero-order chi connectivity index (χ0) is 16.2. The summed E-state index contributed by atoms with van der Waals surface area (Å²) in [6.45, 7) is 0. The molecule has 0 aliphatic carbocycles. The van der Waals surface area contributed by atoms with Crippen molar-refractivity contribution in [1.29, 1.82) is 0 Å². The van der Waals surface area contributed by atoms with Gasteiger partial charge in [-0.3, -0.25) is 4.98 Å². The van der Waals surface area contributed by atoms with Gasteiger partial charge in [0, 0.05) is 23.7 Å². The molecule has 2 heterocycles. The standard InChI is InChI=1S/C15H14FN5OS/c1-22-13-5-4-10(7-12(13)16)9-23-15-20-19-14(21(15)17)11-3-2-6-18-8-11/h2-8H,9,17H2,1H3. The van der Waals surface area contributed by atoms with Gasteiger partial charge < -0.3 is 10.6 Å². The molecule has 23 heavy (non-hydrogen) atoms. The minimum absolute atomic E-state index is 0.222. The van der Waals surface area contributed by atoms with Crippen molar-refractivity contribution in [3.8, 4) is 17.1 Å². The lowest BCUT2D eigenvalue weighted by Gasteiger charge is -2.05. The molecule has 0 radical (unpaired) electrons. The van der Waals surface area contributed by atoms with Gasteiger partial charge in [-0.15, -0.1) is 10.2 Å². The fraction of sp³-hybridized carbons (Fsp3) is 0.133. The van der Waals surface area contributed by atoms with Gasteiger partial charge in [0.05, 0.1) is 7.11 Å². The number of nitrogens with two attached hydrogens (primary N) is 1. The number of thioether (sulfide) groups is 1. The van der Waals surface area contributed by atoms with Gasteiger partial charge in [0.1, 0.15) is 0 Å². The summed E-state index contributed by atoms with van der Waals surface area (Å²) in [5.41, 5.74) is 1.59. The van der Waals surface area contributed by atoms with E-state index in [-0.39, 0.29) is 5.75 Å². The van der Waals surface area contributed by atoms with E-state index in [1.165, 1.54) is 29.6 Å². The third kappa shape index (κ3) is 3.26. The van der Waals surface area contributed by atoms with Crippen molar-refractivity contribution >= 4 is 11.8 Å². The zero-order valence-corrected chi connectivity index (χ0v) is 13.1. The predicted octanol–water partition coefficient (Wildman–Crippen LogP) is 2.49. The van der Waals surface area contributed by atoms with Crippen LogP contribution >= 0.6 is 11.8 Å². The Morgan fingerprint density at radius 1 is 1.30 bits per heavy atom. The molecule has 2 N–H and O–H groups in total. The molecule has 0 atom stereocenters. The van der Waals surface area contributed by atoms with E-state index < -0.39 is 5.82 Å². The van der Waals surface area contributed by atoms with Crippen LogP contribution in [0, 0.1) is 5.82 Å². The molecule has 2 aromatic heterocycles. The van der Waals surface area contributed by atoms with Gasteiger partial charge in [0.25, 0.3) is 0 Å². The first-order chi connectivity index (χ1) is 11.2. The lowest BCUT2D eigenvalue weighted by atomic mass is 10.2. The summed E-state index contributed by atoms with van der Waals surface area (Å²) in [6, 6.07) is 8.49. The van der Waals surface area contributed by atoms with E-state index in [2.05, 4.69) is 15.2 Å². The van der Waals surface area contributed by atoms with Crippen molar-refractivity contribution in [2.75, 3.05) is 13.0 Å². The van der Waals surface area contributed by atoms with Crippen molar-refractivity contribution in [3.63, 3.8) is 0 Å². The third-order valence-electron chi connectivity index (χ3n) is 3.17. The normalized spacial score (nSPS) is 10.7. The van der Waals surface area contributed by atoms with E-state index >= 15 is 0 Å². The minimum Gasteiger partial charge on any atom is -0.494 e. The van der Waals surface area contributed by atoms with Crippen LogP contribution in [-0.4, -0.2) is 27.0 Å². The highest BCUT2D eigenvalue weighted by molar-refractivity contribution is 7.98. The summed E-state index contributed by atoms with van der Waals surface area (Å²) >= 11 is 1.37. The van der Waals surface area contributed by atoms with Gasteiger partial charge in [0.2, 0.25) is 5.16 Å². The number of benzene rings is 1. The van der Waals surface area contributed by atoms with Crippen molar-refractivity contribution in [2.24, 2.45) is 0 Å². The molecule has 0 fully saturated rings. The molecule has 0 saturated carbocycles. The highest BCUT2D eigenvalue weighted by atomic mass is 32.2. The molecule has 1 aromatic carbocycles. The molecule has 0 bridgehead atoms. The lowest BCUT2D eigenvalue weighted by molar-refractivity contribution is 0.386.